The molecular weight excluding hydrogens is 512 g/mol. The highest BCUT2D eigenvalue weighted by molar-refractivity contribution is 7.90. The molecule has 39 heavy (non-hydrogen) atoms. The van der Waals surface area contributed by atoms with E-state index in [1.54, 1.807) is 25.1 Å². The number of nitrogens with zero attached hydrogens (tertiary/aromatic N) is 3. The summed E-state index contributed by atoms with van der Waals surface area (Å²) < 4.78 is 36.3. The van der Waals surface area contributed by atoms with E-state index in [1.807, 2.05) is 75.0 Å². The van der Waals surface area contributed by atoms with Crippen LogP contribution in [-0.2, 0) is 17.1 Å². The Labute approximate surface area is 227 Å². The summed E-state index contributed by atoms with van der Waals surface area (Å²) in [7, 11) is -2.26. The number of sulfonamides is 1. The number of hydrogen-bond acceptors (Lipinski definition) is 6. The fourth-order valence-electron chi connectivity index (χ4n) is 4.69. The number of amides is 1. The van der Waals surface area contributed by atoms with Gasteiger partial charge >= 0.3 is 0 Å². The van der Waals surface area contributed by atoms with Gasteiger partial charge in [0.25, 0.3) is 15.9 Å². The van der Waals surface area contributed by atoms with E-state index in [2.05, 4.69) is 9.71 Å². The molecule has 0 spiro atoms. The number of benzene rings is 2. The van der Waals surface area contributed by atoms with Crippen LogP contribution in [-0.4, -0.2) is 28.9 Å². The average Bonchev–Trinajstić information content (AvgIpc) is 3.26. The molecule has 0 atom stereocenters. The monoisotopic (exact) mass is 540 g/mol. The molecule has 2 aromatic carbocycles. The van der Waals surface area contributed by atoms with Crippen LogP contribution >= 0.6 is 0 Å². The lowest BCUT2D eigenvalue weighted by Gasteiger charge is -2.16. The van der Waals surface area contributed by atoms with Gasteiger partial charge in [0.15, 0.2) is 5.03 Å². The van der Waals surface area contributed by atoms with Crippen molar-refractivity contribution in [2.24, 2.45) is 7.05 Å². The molecule has 0 fully saturated rings. The van der Waals surface area contributed by atoms with Gasteiger partial charge in [-0.2, -0.15) is 8.42 Å². The van der Waals surface area contributed by atoms with Crippen LogP contribution in [0.15, 0.2) is 78.0 Å². The Morgan fingerprint density at radius 1 is 0.897 bits per heavy atom. The third kappa shape index (κ3) is 5.13. The molecule has 0 aliphatic heterocycles. The molecule has 1 amide bonds. The van der Waals surface area contributed by atoms with Crippen LogP contribution in [0.4, 0.5) is 0 Å². The average molecular weight is 541 g/mol. The molecule has 3 heterocycles. The molecule has 0 aliphatic rings. The first-order chi connectivity index (χ1) is 18.5. The third-order valence-electron chi connectivity index (χ3n) is 6.48. The summed E-state index contributed by atoms with van der Waals surface area (Å²) in [6.45, 7) is 7.50. The standard InChI is InChI=1S/C30H28N4O4S/c1-18-16-19(2)28(20(3)17-18)38-30-24(29(35)33-39(36,37)27-11-6-8-21(4)31-27)12-13-25(32-30)22-9-7-10-26-23(22)14-15-34(26)5/h6-17H,1-5H3,(H,33,35). The van der Waals surface area contributed by atoms with Gasteiger partial charge in [0, 0.05) is 35.4 Å². The van der Waals surface area contributed by atoms with E-state index in [4.69, 9.17) is 9.72 Å². The first kappa shape index (κ1) is 26.1. The van der Waals surface area contributed by atoms with E-state index in [0.717, 1.165) is 33.2 Å². The maximum atomic E-state index is 13.4. The zero-order chi connectivity index (χ0) is 27.9. The summed E-state index contributed by atoms with van der Waals surface area (Å²) in [4.78, 5) is 22.2. The van der Waals surface area contributed by atoms with Crippen molar-refractivity contribution in [3.05, 3.63) is 101 Å². The second kappa shape index (κ2) is 9.99. The molecule has 1 N–H and O–H groups in total. The van der Waals surface area contributed by atoms with E-state index in [9.17, 15) is 13.2 Å². The fraction of sp³-hybridized carbons (Fsp3) is 0.167. The number of fused-ring (bicyclic) bond motifs is 1. The predicted molar refractivity (Wildman–Crippen MR) is 151 cm³/mol. The van der Waals surface area contributed by atoms with Crippen molar-refractivity contribution in [1.29, 1.82) is 0 Å². The fourth-order valence-corrected chi connectivity index (χ4v) is 5.67. The molecule has 3 aromatic heterocycles. The first-order valence-electron chi connectivity index (χ1n) is 12.4. The summed E-state index contributed by atoms with van der Waals surface area (Å²) in [5.41, 5.74) is 5.78. The Bertz CT molecular complexity index is 1840. The topological polar surface area (TPSA) is 103 Å². The Kier molecular flexibility index (Phi) is 6.69. The molecule has 0 bridgehead atoms. The highest BCUT2D eigenvalue weighted by Crippen LogP contribution is 2.34. The number of aromatic nitrogens is 3. The van der Waals surface area contributed by atoms with Gasteiger partial charge < -0.3 is 9.30 Å². The SMILES string of the molecule is Cc1cc(C)c(Oc2nc(-c3cccc4c3ccn4C)ccc2C(=O)NS(=O)(=O)c2cccc(C)n2)c(C)c1. The molecule has 0 saturated carbocycles. The highest BCUT2D eigenvalue weighted by atomic mass is 32.2. The van der Waals surface area contributed by atoms with Gasteiger partial charge in [0.2, 0.25) is 5.88 Å². The second-order valence-corrected chi connectivity index (χ2v) is 11.2. The molecule has 9 heteroatoms. The largest absolute Gasteiger partial charge is 0.438 e. The van der Waals surface area contributed by atoms with Gasteiger partial charge in [-0.1, -0.05) is 35.9 Å². The van der Waals surface area contributed by atoms with Crippen LogP contribution in [0.3, 0.4) is 0 Å². The van der Waals surface area contributed by atoms with Crippen LogP contribution in [0.25, 0.3) is 22.2 Å². The Morgan fingerprint density at radius 2 is 1.62 bits per heavy atom. The minimum absolute atomic E-state index is 0.000360. The van der Waals surface area contributed by atoms with Crippen LogP contribution in [0.1, 0.15) is 32.7 Å². The molecule has 5 rings (SSSR count). The zero-order valence-corrected chi connectivity index (χ0v) is 23.1. The minimum atomic E-state index is -4.23. The summed E-state index contributed by atoms with van der Waals surface area (Å²) >= 11 is 0. The van der Waals surface area contributed by atoms with E-state index in [1.165, 1.54) is 12.1 Å². The third-order valence-corrected chi connectivity index (χ3v) is 7.71. The molecule has 0 aliphatic carbocycles. The molecule has 0 unspecified atom stereocenters. The molecule has 5 aromatic rings. The maximum Gasteiger partial charge on any atom is 0.281 e. The number of aryl methyl sites for hydroxylation is 5. The lowest BCUT2D eigenvalue weighted by Crippen LogP contribution is -2.31. The number of carbonyl (C=O) groups is 1. The molecule has 8 nitrogen and oxygen atoms in total. The normalized spacial score (nSPS) is 11.5. The summed E-state index contributed by atoms with van der Waals surface area (Å²) in [5.74, 6) is -0.312. The Morgan fingerprint density at radius 3 is 2.33 bits per heavy atom. The molecular formula is C30H28N4O4S. The summed E-state index contributed by atoms with van der Waals surface area (Å²) in [5, 5.41) is 0.746. The minimum Gasteiger partial charge on any atom is -0.438 e. The van der Waals surface area contributed by atoms with Crippen LogP contribution in [0, 0.1) is 27.7 Å². The van der Waals surface area contributed by atoms with Gasteiger partial charge in [-0.05, 0) is 75.2 Å². The second-order valence-electron chi connectivity index (χ2n) is 9.60. The summed E-state index contributed by atoms with van der Waals surface area (Å²) in [6.07, 6.45) is 1.97. The van der Waals surface area contributed by atoms with Crippen molar-refractivity contribution in [2.75, 3.05) is 0 Å². The van der Waals surface area contributed by atoms with Crippen LogP contribution in [0.2, 0.25) is 0 Å². The summed E-state index contributed by atoms with van der Waals surface area (Å²) in [6, 6.07) is 19.7. The van der Waals surface area contributed by atoms with Crippen molar-refractivity contribution in [3.63, 3.8) is 0 Å². The number of pyridine rings is 2. The molecule has 0 radical (unpaired) electrons. The molecule has 198 valence electrons. The lowest BCUT2D eigenvalue weighted by molar-refractivity contribution is 0.0978. The van der Waals surface area contributed by atoms with Crippen molar-refractivity contribution in [1.82, 2.24) is 19.3 Å². The number of rotatable bonds is 6. The first-order valence-corrected chi connectivity index (χ1v) is 13.8. The zero-order valence-electron chi connectivity index (χ0n) is 22.3. The van der Waals surface area contributed by atoms with Gasteiger partial charge in [-0.3, -0.25) is 4.79 Å². The van der Waals surface area contributed by atoms with Gasteiger partial charge in [0.1, 0.15) is 11.3 Å². The van der Waals surface area contributed by atoms with Crippen LogP contribution < -0.4 is 9.46 Å². The number of nitrogens with one attached hydrogen (secondary N) is 1. The van der Waals surface area contributed by atoms with E-state index < -0.39 is 15.9 Å². The Hall–Kier alpha value is -4.50. The highest BCUT2D eigenvalue weighted by Gasteiger charge is 2.25. The van der Waals surface area contributed by atoms with Gasteiger partial charge in [-0.15, -0.1) is 0 Å². The van der Waals surface area contributed by atoms with Gasteiger partial charge in [0.05, 0.1) is 5.69 Å². The predicted octanol–water partition coefficient (Wildman–Crippen LogP) is 5.78. The van der Waals surface area contributed by atoms with E-state index in [-0.39, 0.29) is 16.5 Å². The molecule has 0 saturated heterocycles. The number of ether oxygens (including phenoxy) is 1. The number of hydrogen-bond donors (Lipinski definition) is 1. The van der Waals surface area contributed by atoms with Crippen molar-refractivity contribution in [3.8, 4) is 22.9 Å². The van der Waals surface area contributed by atoms with Crippen molar-refractivity contribution < 1.29 is 17.9 Å². The van der Waals surface area contributed by atoms with Crippen molar-refractivity contribution in [2.45, 2.75) is 32.7 Å². The van der Waals surface area contributed by atoms with Crippen LogP contribution in [0.5, 0.6) is 11.6 Å². The lowest BCUT2D eigenvalue weighted by atomic mass is 10.1. The van der Waals surface area contributed by atoms with Crippen molar-refractivity contribution >= 4 is 26.8 Å². The maximum absolute atomic E-state index is 13.4. The van der Waals surface area contributed by atoms with Gasteiger partial charge in [-0.25, -0.2) is 14.7 Å². The number of carbonyl (C=O) groups excluding carboxylic acids is 1. The smallest absolute Gasteiger partial charge is 0.281 e. The Balaban J connectivity index is 1.61. The van der Waals surface area contributed by atoms with E-state index in [0.29, 0.717) is 17.1 Å². The quantitative estimate of drug-likeness (QED) is 0.293. The van der Waals surface area contributed by atoms with E-state index >= 15 is 0 Å².